The lowest BCUT2D eigenvalue weighted by Gasteiger charge is -2.13. The summed E-state index contributed by atoms with van der Waals surface area (Å²) in [6, 6.07) is 4.52. The summed E-state index contributed by atoms with van der Waals surface area (Å²) in [4.78, 5) is 14.1. The Balaban J connectivity index is 2.63. The van der Waals surface area contributed by atoms with E-state index in [0.717, 1.165) is 13.0 Å². The quantitative estimate of drug-likeness (QED) is 0.742. The zero-order chi connectivity index (χ0) is 14.3. The van der Waals surface area contributed by atoms with Crippen LogP contribution >= 0.6 is 0 Å². The molecule has 0 fully saturated rings. The molecule has 1 aromatic carbocycles. The molecule has 2 N–H and O–H groups in total. The largest absolute Gasteiger partial charge is 0.382 e. The third-order valence-corrected chi connectivity index (χ3v) is 2.68. The van der Waals surface area contributed by atoms with Crippen molar-refractivity contribution in [3.8, 4) is 0 Å². The lowest BCUT2D eigenvalue weighted by molar-refractivity contribution is 0.0952. The first-order valence-electron chi connectivity index (χ1n) is 6.51. The van der Waals surface area contributed by atoms with Gasteiger partial charge in [0.25, 0.3) is 5.91 Å². The lowest BCUT2D eigenvalue weighted by atomic mass is 10.1. The summed E-state index contributed by atoms with van der Waals surface area (Å²) in [5.41, 5.74) is 0.627. The first kappa shape index (κ1) is 15.4. The number of nitrogens with one attached hydrogen (secondary N) is 2. The molecule has 4 nitrogen and oxygen atoms in total. The Morgan fingerprint density at radius 2 is 2.11 bits per heavy atom. The molecule has 106 valence electrons. The summed E-state index contributed by atoms with van der Waals surface area (Å²) in [7, 11) is 3.97. The summed E-state index contributed by atoms with van der Waals surface area (Å²) in [5, 5.41) is 5.70. The van der Waals surface area contributed by atoms with Gasteiger partial charge >= 0.3 is 0 Å². The van der Waals surface area contributed by atoms with Gasteiger partial charge in [0, 0.05) is 13.1 Å². The summed E-state index contributed by atoms with van der Waals surface area (Å²) >= 11 is 0. The maximum atomic E-state index is 13.6. The van der Waals surface area contributed by atoms with Gasteiger partial charge in [-0.2, -0.15) is 0 Å². The lowest BCUT2D eigenvalue weighted by Crippen LogP contribution is -2.28. The van der Waals surface area contributed by atoms with E-state index in [4.69, 9.17) is 0 Å². The molecule has 5 heteroatoms. The fraction of sp³-hybridized carbons (Fsp3) is 0.500. The maximum absolute atomic E-state index is 13.6. The topological polar surface area (TPSA) is 44.4 Å². The third kappa shape index (κ3) is 4.87. The molecule has 1 aromatic rings. The van der Waals surface area contributed by atoms with Crippen molar-refractivity contribution in [3.63, 3.8) is 0 Å². The zero-order valence-corrected chi connectivity index (χ0v) is 11.8. The van der Waals surface area contributed by atoms with Crippen molar-refractivity contribution in [2.45, 2.75) is 13.3 Å². The van der Waals surface area contributed by atoms with Gasteiger partial charge in [0.2, 0.25) is 0 Å². The molecule has 0 aliphatic heterocycles. The number of para-hydroxylation sites is 1. The standard InChI is InChI=1S/C14H22FN3O/c1-4-16-13-11(7-5-8-12(13)15)14(19)17-9-6-10-18(2)3/h5,7-8,16H,4,6,9-10H2,1-3H3,(H,17,19). The van der Waals surface area contributed by atoms with E-state index in [1.165, 1.54) is 6.07 Å². The predicted molar refractivity (Wildman–Crippen MR) is 76.1 cm³/mol. The molecule has 0 spiro atoms. The van der Waals surface area contributed by atoms with Gasteiger partial charge in [-0.1, -0.05) is 6.07 Å². The van der Waals surface area contributed by atoms with E-state index in [-0.39, 0.29) is 11.6 Å². The molecule has 0 saturated carbocycles. The average molecular weight is 267 g/mol. The number of halogens is 1. The Kier molecular flexibility index (Phi) is 6.29. The summed E-state index contributed by atoms with van der Waals surface area (Å²) in [5.74, 6) is -0.642. The summed E-state index contributed by atoms with van der Waals surface area (Å²) in [6.07, 6.45) is 0.866. The number of carbonyl (C=O) groups is 1. The van der Waals surface area contributed by atoms with Gasteiger partial charge in [-0.25, -0.2) is 4.39 Å². The fourth-order valence-electron chi connectivity index (χ4n) is 1.76. The number of hydrogen-bond acceptors (Lipinski definition) is 3. The number of nitrogens with zero attached hydrogens (tertiary/aromatic N) is 1. The van der Waals surface area contributed by atoms with Crippen LogP contribution in [0.15, 0.2) is 18.2 Å². The molecule has 0 bridgehead atoms. The van der Waals surface area contributed by atoms with Crippen LogP contribution in [0.3, 0.4) is 0 Å². The number of amides is 1. The summed E-state index contributed by atoms with van der Waals surface area (Å²) in [6.45, 7) is 3.93. The third-order valence-electron chi connectivity index (χ3n) is 2.68. The van der Waals surface area contributed by atoms with Crippen LogP contribution in [0.4, 0.5) is 10.1 Å². The van der Waals surface area contributed by atoms with Crippen LogP contribution in [0.5, 0.6) is 0 Å². The van der Waals surface area contributed by atoms with Crippen molar-refractivity contribution >= 4 is 11.6 Å². The van der Waals surface area contributed by atoms with Gasteiger partial charge in [0.05, 0.1) is 11.3 Å². The zero-order valence-electron chi connectivity index (χ0n) is 11.8. The Labute approximate surface area is 114 Å². The van der Waals surface area contributed by atoms with Gasteiger partial charge in [-0.3, -0.25) is 4.79 Å². The number of carbonyl (C=O) groups excluding carboxylic acids is 1. The molecule has 0 atom stereocenters. The van der Waals surface area contributed by atoms with Crippen molar-refractivity contribution in [2.75, 3.05) is 39.0 Å². The van der Waals surface area contributed by atoms with E-state index in [2.05, 4.69) is 15.5 Å². The van der Waals surface area contributed by atoms with Crippen LogP contribution in [0.1, 0.15) is 23.7 Å². The fourth-order valence-corrected chi connectivity index (χ4v) is 1.76. The first-order valence-corrected chi connectivity index (χ1v) is 6.51. The molecular weight excluding hydrogens is 245 g/mol. The van der Waals surface area contributed by atoms with Crippen LogP contribution in [-0.2, 0) is 0 Å². The van der Waals surface area contributed by atoms with Crippen LogP contribution in [-0.4, -0.2) is 44.5 Å². The highest BCUT2D eigenvalue weighted by atomic mass is 19.1. The van der Waals surface area contributed by atoms with Crippen molar-refractivity contribution in [1.29, 1.82) is 0 Å². The first-order chi connectivity index (χ1) is 9.06. The second-order valence-electron chi connectivity index (χ2n) is 4.61. The Morgan fingerprint density at radius 3 is 2.74 bits per heavy atom. The number of hydrogen-bond donors (Lipinski definition) is 2. The van der Waals surface area contributed by atoms with E-state index in [9.17, 15) is 9.18 Å². The Morgan fingerprint density at radius 1 is 1.37 bits per heavy atom. The second-order valence-corrected chi connectivity index (χ2v) is 4.61. The van der Waals surface area contributed by atoms with Crippen molar-refractivity contribution < 1.29 is 9.18 Å². The molecule has 0 radical (unpaired) electrons. The molecule has 1 rings (SSSR count). The Hall–Kier alpha value is -1.62. The van der Waals surface area contributed by atoms with Gasteiger partial charge < -0.3 is 15.5 Å². The molecule has 0 unspecified atom stereocenters. The van der Waals surface area contributed by atoms with Crippen LogP contribution < -0.4 is 10.6 Å². The molecule has 1 amide bonds. The minimum Gasteiger partial charge on any atom is -0.382 e. The minimum absolute atomic E-state index is 0.241. The highest BCUT2D eigenvalue weighted by Gasteiger charge is 2.13. The van der Waals surface area contributed by atoms with Crippen molar-refractivity contribution in [3.05, 3.63) is 29.6 Å². The van der Waals surface area contributed by atoms with E-state index in [0.29, 0.717) is 18.7 Å². The maximum Gasteiger partial charge on any atom is 0.253 e. The molecule has 0 aliphatic rings. The molecule has 19 heavy (non-hydrogen) atoms. The van der Waals surface area contributed by atoms with Gasteiger partial charge in [-0.15, -0.1) is 0 Å². The predicted octanol–water partition coefficient (Wildman–Crippen LogP) is 1.94. The van der Waals surface area contributed by atoms with Crippen LogP contribution in [0.25, 0.3) is 0 Å². The highest BCUT2D eigenvalue weighted by molar-refractivity contribution is 5.99. The average Bonchev–Trinajstić information content (AvgIpc) is 2.36. The van der Waals surface area contributed by atoms with E-state index in [1.54, 1.807) is 12.1 Å². The van der Waals surface area contributed by atoms with Crippen molar-refractivity contribution in [2.24, 2.45) is 0 Å². The number of rotatable bonds is 7. The molecule has 0 aliphatic carbocycles. The van der Waals surface area contributed by atoms with Gasteiger partial charge in [0.1, 0.15) is 5.82 Å². The molecular formula is C14H22FN3O. The minimum atomic E-state index is -0.400. The van der Waals surface area contributed by atoms with E-state index in [1.807, 2.05) is 21.0 Å². The smallest absolute Gasteiger partial charge is 0.253 e. The number of benzene rings is 1. The molecule has 0 saturated heterocycles. The highest BCUT2D eigenvalue weighted by Crippen LogP contribution is 2.19. The SMILES string of the molecule is CCNc1c(F)cccc1C(=O)NCCCN(C)C. The van der Waals surface area contributed by atoms with Crippen LogP contribution in [0, 0.1) is 5.82 Å². The van der Waals surface area contributed by atoms with Crippen molar-refractivity contribution in [1.82, 2.24) is 10.2 Å². The van der Waals surface area contributed by atoms with Gasteiger partial charge in [-0.05, 0) is 46.1 Å². The van der Waals surface area contributed by atoms with Gasteiger partial charge in [0.15, 0.2) is 0 Å². The summed E-state index contributed by atoms with van der Waals surface area (Å²) < 4.78 is 13.6. The van der Waals surface area contributed by atoms with E-state index >= 15 is 0 Å². The monoisotopic (exact) mass is 267 g/mol. The second kappa shape index (κ2) is 7.74. The Bertz CT molecular complexity index is 421. The molecule has 0 heterocycles. The normalized spacial score (nSPS) is 10.6. The number of anilines is 1. The van der Waals surface area contributed by atoms with E-state index < -0.39 is 5.82 Å². The molecule has 0 aromatic heterocycles. The van der Waals surface area contributed by atoms with Crippen LogP contribution in [0.2, 0.25) is 0 Å².